The van der Waals surface area contributed by atoms with Crippen molar-refractivity contribution in [3.05, 3.63) is 41.2 Å². The summed E-state index contributed by atoms with van der Waals surface area (Å²) in [7, 11) is 0. The maximum atomic E-state index is 12.8. The van der Waals surface area contributed by atoms with Crippen LogP contribution in [-0.4, -0.2) is 16.3 Å². The maximum absolute atomic E-state index is 12.8. The number of thiazole rings is 1. The van der Waals surface area contributed by atoms with E-state index in [9.17, 15) is 4.39 Å². The van der Waals surface area contributed by atoms with Crippen molar-refractivity contribution in [1.82, 2.24) is 10.4 Å². The number of nitrogens with zero attached hydrogens (tertiary/aromatic N) is 2. The third-order valence-electron chi connectivity index (χ3n) is 1.98. The van der Waals surface area contributed by atoms with Crippen molar-refractivity contribution in [2.75, 3.05) is 0 Å². The molecule has 0 fully saturated rings. The normalized spacial score (nSPS) is 10.7. The summed E-state index contributed by atoms with van der Waals surface area (Å²) in [4.78, 5) is 4.33. The molecule has 7 heteroatoms. The Hall–Kier alpha value is -1.86. The zero-order chi connectivity index (χ0) is 13.0. The molecular weight excluding hydrogens is 271 g/mol. The summed E-state index contributed by atoms with van der Waals surface area (Å²) in [5.74, 6) is -0.266. The molecule has 18 heavy (non-hydrogen) atoms. The van der Waals surface area contributed by atoms with Crippen LogP contribution in [0.25, 0.3) is 10.6 Å². The highest BCUT2D eigenvalue weighted by molar-refractivity contribution is 7.80. The van der Waals surface area contributed by atoms with Crippen LogP contribution < -0.4 is 11.2 Å². The Bertz CT molecular complexity index is 577. The van der Waals surface area contributed by atoms with Gasteiger partial charge < -0.3 is 5.73 Å². The van der Waals surface area contributed by atoms with E-state index in [2.05, 4.69) is 27.7 Å². The Morgan fingerprint density at radius 1 is 1.44 bits per heavy atom. The number of hydrazone groups is 1. The fraction of sp³-hybridized carbons (Fsp3) is 0. The summed E-state index contributed by atoms with van der Waals surface area (Å²) in [5.41, 5.74) is 9.21. The molecule has 0 saturated carbocycles. The number of rotatable bonds is 3. The molecule has 92 valence electrons. The highest BCUT2D eigenvalue weighted by Gasteiger charge is 2.03. The van der Waals surface area contributed by atoms with Gasteiger partial charge in [0.2, 0.25) is 0 Å². The molecule has 0 saturated heterocycles. The van der Waals surface area contributed by atoms with Gasteiger partial charge in [0.1, 0.15) is 10.8 Å². The number of aromatic nitrogens is 1. The Morgan fingerprint density at radius 2 is 2.17 bits per heavy atom. The number of hydrogen-bond acceptors (Lipinski definition) is 4. The predicted molar refractivity (Wildman–Crippen MR) is 75.0 cm³/mol. The summed E-state index contributed by atoms with van der Waals surface area (Å²) in [6, 6.07) is 6.17. The highest BCUT2D eigenvalue weighted by Crippen LogP contribution is 2.23. The van der Waals surface area contributed by atoms with Crippen LogP contribution in [0.3, 0.4) is 0 Å². The lowest BCUT2D eigenvalue weighted by Gasteiger charge is -1.94. The van der Waals surface area contributed by atoms with E-state index >= 15 is 0 Å². The van der Waals surface area contributed by atoms with Crippen molar-refractivity contribution < 1.29 is 4.39 Å². The molecule has 0 aliphatic rings. The second kappa shape index (κ2) is 5.65. The molecule has 0 amide bonds. The van der Waals surface area contributed by atoms with Crippen LogP contribution in [0, 0.1) is 5.82 Å². The Labute approximate surface area is 112 Å². The summed E-state index contributed by atoms with van der Waals surface area (Å²) in [6.45, 7) is 0. The second-order valence-electron chi connectivity index (χ2n) is 3.32. The first-order chi connectivity index (χ1) is 8.65. The SMILES string of the molecule is NC(=S)NN=Cc1csc(-c2ccc(F)cc2)n1. The van der Waals surface area contributed by atoms with Crippen molar-refractivity contribution in [3.63, 3.8) is 0 Å². The van der Waals surface area contributed by atoms with Crippen LogP contribution in [0.4, 0.5) is 4.39 Å². The minimum atomic E-state index is -0.266. The standard InChI is InChI=1S/C11H9FN4S2/c12-8-3-1-7(2-4-8)10-15-9(6-18-10)5-14-16-11(13)17/h1-6H,(H3,13,16,17). The van der Waals surface area contributed by atoms with E-state index in [0.717, 1.165) is 10.6 Å². The second-order valence-corrected chi connectivity index (χ2v) is 4.62. The summed E-state index contributed by atoms with van der Waals surface area (Å²) in [6.07, 6.45) is 1.52. The van der Waals surface area contributed by atoms with Crippen LogP contribution in [-0.2, 0) is 0 Å². The highest BCUT2D eigenvalue weighted by atomic mass is 32.1. The molecule has 0 unspecified atom stereocenters. The first kappa shape index (κ1) is 12.6. The molecule has 0 spiro atoms. The van der Waals surface area contributed by atoms with E-state index in [1.165, 1.54) is 29.7 Å². The fourth-order valence-electron chi connectivity index (χ4n) is 1.23. The average Bonchev–Trinajstić information content (AvgIpc) is 2.78. The smallest absolute Gasteiger partial charge is 0.184 e. The van der Waals surface area contributed by atoms with Crippen LogP contribution in [0.5, 0.6) is 0 Å². The minimum Gasteiger partial charge on any atom is -0.375 e. The minimum absolute atomic E-state index is 0.0974. The van der Waals surface area contributed by atoms with Crippen LogP contribution >= 0.6 is 23.6 Å². The van der Waals surface area contributed by atoms with Gasteiger partial charge in [-0.25, -0.2) is 9.37 Å². The molecule has 1 aromatic carbocycles. The monoisotopic (exact) mass is 280 g/mol. The molecule has 4 nitrogen and oxygen atoms in total. The first-order valence-corrected chi connectivity index (χ1v) is 6.24. The predicted octanol–water partition coefficient (Wildman–Crippen LogP) is 2.12. The topological polar surface area (TPSA) is 63.3 Å². The van der Waals surface area contributed by atoms with Gasteiger partial charge in [0.25, 0.3) is 0 Å². The van der Waals surface area contributed by atoms with Gasteiger partial charge in [-0.05, 0) is 36.5 Å². The summed E-state index contributed by atoms with van der Waals surface area (Å²) < 4.78 is 12.8. The van der Waals surface area contributed by atoms with Crippen molar-refractivity contribution in [2.24, 2.45) is 10.8 Å². The number of hydrogen-bond donors (Lipinski definition) is 2. The van der Waals surface area contributed by atoms with Gasteiger partial charge in [-0.1, -0.05) is 0 Å². The maximum Gasteiger partial charge on any atom is 0.184 e. The molecule has 0 atom stereocenters. The number of nitrogens with two attached hydrogens (primary N) is 1. The van der Waals surface area contributed by atoms with E-state index in [1.54, 1.807) is 12.1 Å². The molecule has 1 aromatic heterocycles. The average molecular weight is 280 g/mol. The lowest BCUT2D eigenvalue weighted by molar-refractivity contribution is 0.628. The third-order valence-corrected chi connectivity index (χ3v) is 2.99. The van der Waals surface area contributed by atoms with Gasteiger partial charge in [0.15, 0.2) is 5.11 Å². The van der Waals surface area contributed by atoms with E-state index in [-0.39, 0.29) is 10.9 Å². The van der Waals surface area contributed by atoms with Crippen molar-refractivity contribution >= 4 is 34.9 Å². The molecule has 1 heterocycles. The number of halogens is 1. The molecule has 0 bridgehead atoms. The lowest BCUT2D eigenvalue weighted by Crippen LogP contribution is -2.24. The molecular formula is C11H9FN4S2. The molecule has 2 rings (SSSR count). The summed E-state index contributed by atoms with van der Waals surface area (Å²) in [5, 5.41) is 6.54. The quantitative estimate of drug-likeness (QED) is 0.513. The lowest BCUT2D eigenvalue weighted by atomic mass is 10.2. The molecule has 0 radical (unpaired) electrons. The molecule has 0 aliphatic heterocycles. The van der Waals surface area contributed by atoms with Gasteiger partial charge >= 0.3 is 0 Å². The fourth-order valence-corrected chi connectivity index (χ4v) is 2.06. The number of nitrogens with one attached hydrogen (secondary N) is 1. The van der Waals surface area contributed by atoms with Crippen molar-refractivity contribution in [2.45, 2.75) is 0 Å². The zero-order valence-corrected chi connectivity index (χ0v) is 10.8. The van der Waals surface area contributed by atoms with Crippen LogP contribution in [0.15, 0.2) is 34.7 Å². The number of thiocarbonyl (C=S) groups is 1. The van der Waals surface area contributed by atoms with Gasteiger partial charge in [0, 0.05) is 10.9 Å². The third kappa shape index (κ3) is 3.31. The Morgan fingerprint density at radius 3 is 2.83 bits per heavy atom. The van der Waals surface area contributed by atoms with Crippen molar-refractivity contribution in [1.29, 1.82) is 0 Å². The van der Waals surface area contributed by atoms with E-state index < -0.39 is 0 Å². The van der Waals surface area contributed by atoms with Crippen LogP contribution in [0.1, 0.15) is 5.69 Å². The Kier molecular flexibility index (Phi) is 3.96. The molecule has 2 aromatic rings. The van der Waals surface area contributed by atoms with E-state index in [1.807, 2.05) is 5.38 Å². The van der Waals surface area contributed by atoms with Gasteiger partial charge in [-0.3, -0.25) is 5.43 Å². The van der Waals surface area contributed by atoms with Gasteiger partial charge in [-0.15, -0.1) is 11.3 Å². The largest absolute Gasteiger partial charge is 0.375 e. The van der Waals surface area contributed by atoms with Gasteiger partial charge in [-0.2, -0.15) is 5.10 Å². The first-order valence-electron chi connectivity index (χ1n) is 4.95. The van der Waals surface area contributed by atoms with Crippen LogP contribution in [0.2, 0.25) is 0 Å². The summed E-state index contributed by atoms with van der Waals surface area (Å²) >= 11 is 6.06. The zero-order valence-electron chi connectivity index (χ0n) is 9.13. The Balaban J connectivity index is 2.12. The van der Waals surface area contributed by atoms with Gasteiger partial charge in [0.05, 0.1) is 11.9 Å². The molecule has 0 aliphatic carbocycles. The number of benzene rings is 1. The molecule has 3 N–H and O–H groups in total. The van der Waals surface area contributed by atoms with E-state index in [4.69, 9.17) is 5.73 Å². The van der Waals surface area contributed by atoms with E-state index in [0.29, 0.717) is 5.69 Å². The van der Waals surface area contributed by atoms with Crippen molar-refractivity contribution in [3.8, 4) is 10.6 Å².